The zero-order chi connectivity index (χ0) is 16.5. The monoisotopic (exact) mass is 403 g/mol. The van der Waals surface area contributed by atoms with Gasteiger partial charge in [-0.2, -0.15) is 0 Å². The van der Waals surface area contributed by atoms with E-state index in [0.29, 0.717) is 5.75 Å². The highest BCUT2D eigenvalue weighted by Crippen LogP contribution is 2.31. The highest BCUT2D eigenvalue weighted by molar-refractivity contribution is 9.10. The van der Waals surface area contributed by atoms with Gasteiger partial charge in [-0.3, -0.25) is 4.90 Å². The van der Waals surface area contributed by atoms with Crippen LogP contribution in [0, 0.1) is 0 Å². The van der Waals surface area contributed by atoms with Gasteiger partial charge in [0.15, 0.2) is 5.13 Å². The first-order chi connectivity index (χ1) is 11.7. The van der Waals surface area contributed by atoms with E-state index >= 15 is 0 Å². The largest absolute Gasteiger partial charge is 0.508 e. The number of rotatable bonds is 3. The Balaban J connectivity index is 1.52. The van der Waals surface area contributed by atoms with Gasteiger partial charge in [0.2, 0.25) is 0 Å². The van der Waals surface area contributed by atoms with Crippen LogP contribution in [-0.2, 0) is 6.54 Å². The summed E-state index contributed by atoms with van der Waals surface area (Å²) in [6.07, 6.45) is 1.86. The first kappa shape index (κ1) is 15.9. The average molecular weight is 404 g/mol. The maximum absolute atomic E-state index is 10.4. The van der Waals surface area contributed by atoms with Gasteiger partial charge in [-0.1, -0.05) is 28.1 Å². The summed E-state index contributed by atoms with van der Waals surface area (Å²) in [6.45, 7) is 4.68. The van der Waals surface area contributed by atoms with Crippen molar-refractivity contribution in [1.29, 1.82) is 0 Å². The molecular formula is C18H18BrN3OS. The van der Waals surface area contributed by atoms with Crippen LogP contribution in [0.5, 0.6) is 5.75 Å². The van der Waals surface area contributed by atoms with Gasteiger partial charge in [0.05, 0.1) is 0 Å². The molecule has 4 rings (SSSR count). The van der Waals surface area contributed by atoms with Crippen LogP contribution in [0.1, 0.15) is 5.56 Å². The van der Waals surface area contributed by atoms with Crippen molar-refractivity contribution in [3.63, 3.8) is 0 Å². The fourth-order valence-electron chi connectivity index (χ4n) is 3.21. The molecule has 4 nitrogen and oxygen atoms in total. The molecule has 0 saturated carbocycles. The Morgan fingerprint density at radius 2 is 1.96 bits per heavy atom. The smallest absolute Gasteiger partial charge is 0.185 e. The number of piperazine rings is 1. The topological polar surface area (TPSA) is 39.6 Å². The molecule has 1 saturated heterocycles. The number of hydrogen-bond donors (Lipinski definition) is 1. The molecule has 0 spiro atoms. The fourth-order valence-corrected chi connectivity index (χ4v) is 4.29. The van der Waals surface area contributed by atoms with E-state index in [4.69, 9.17) is 0 Å². The molecule has 6 heteroatoms. The van der Waals surface area contributed by atoms with Crippen molar-refractivity contribution in [3.05, 3.63) is 51.9 Å². The van der Waals surface area contributed by atoms with E-state index in [0.717, 1.165) is 58.7 Å². The lowest BCUT2D eigenvalue weighted by Crippen LogP contribution is -2.45. The molecular weight excluding hydrogens is 386 g/mol. The van der Waals surface area contributed by atoms with Crippen LogP contribution in [0.4, 0.5) is 5.13 Å². The second-order valence-electron chi connectivity index (χ2n) is 6.01. The molecule has 1 aromatic heterocycles. The Morgan fingerprint density at radius 1 is 1.12 bits per heavy atom. The van der Waals surface area contributed by atoms with E-state index in [-0.39, 0.29) is 0 Å². The number of anilines is 1. The van der Waals surface area contributed by atoms with Crippen molar-refractivity contribution in [2.45, 2.75) is 6.54 Å². The SMILES string of the molecule is Oc1ccc2cc(Br)ccc2c1CN1CCN(c2nccs2)CC1. The molecule has 1 N–H and O–H groups in total. The molecule has 2 heterocycles. The average Bonchev–Trinajstić information content (AvgIpc) is 3.13. The van der Waals surface area contributed by atoms with Crippen molar-refractivity contribution in [3.8, 4) is 5.75 Å². The quantitative estimate of drug-likeness (QED) is 0.714. The molecule has 0 atom stereocenters. The zero-order valence-corrected chi connectivity index (χ0v) is 15.6. The lowest BCUT2D eigenvalue weighted by Gasteiger charge is -2.34. The zero-order valence-electron chi connectivity index (χ0n) is 13.2. The first-order valence-electron chi connectivity index (χ1n) is 7.97. The van der Waals surface area contributed by atoms with E-state index in [1.807, 2.05) is 23.7 Å². The molecule has 1 aliphatic rings. The van der Waals surface area contributed by atoms with Crippen LogP contribution < -0.4 is 4.90 Å². The molecule has 1 fully saturated rings. The van der Waals surface area contributed by atoms with E-state index in [1.165, 1.54) is 0 Å². The third kappa shape index (κ3) is 3.14. The van der Waals surface area contributed by atoms with Crippen molar-refractivity contribution in [2.24, 2.45) is 0 Å². The standard InChI is InChI=1S/C18H18BrN3OS/c19-14-2-3-15-13(11-14)1-4-17(23)16(15)12-21-6-8-22(9-7-21)18-20-5-10-24-18/h1-5,10-11,23H,6-9,12H2. The molecule has 3 aromatic rings. The number of thiazole rings is 1. The van der Waals surface area contributed by atoms with E-state index in [2.05, 4.69) is 42.8 Å². The molecule has 24 heavy (non-hydrogen) atoms. The van der Waals surface area contributed by atoms with E-state index in [9.17, 15) is 5.11 Å². The Labute approximate surface area is 153 Å². The number of halogens is 1. The Bertz CT molecular complexity index is 845. The van der Waals surface area contributed by atoms with Gasteiger partial charge in [-0.25, -0.2) is 4.98 Å². The van der Waals surface area contributed by atoms with Gasteiger partial charge in [0.25, 0.3) is 0 Å². The summed E-state index contributed by atoms with van der Waals surface area (Å²) in [5.74, 6) is 0.382. The second kappa shape index (κ2) is 6.70. The lowest BCUT2D eigenvalue weighted by atomic mass is 10.0. The molecule has 0 amide bonds. The number of hydrogen-bond acceptors (Lipinski definition) is 5. The second-order valence-corrected chi connectivity index (χ2v) is 7.80. The number of benzene rings is 2. The fraction of sp³-hybridized carbons (Fsp3) is 0.278. The van der Waals surface area contributed by atoms with Crippen LogP contribution in [0.15, 0.2) is 46.4 Å². The summed E-state index contributed by atoms with van der Waals surface area (Å²) in [6, 6.07) is 9.99. The molecule has 0 unspecified atom stereocenters. The summed E-state index contributed by atoms with van der Waals surface area (Å²) in [5.41, 5.74) is 1.02. The Morgan fingerprint density at radius 3 is 2.71 bits per heavy atom. The van der Waals surface area contributed by atoms with Crippen molar-refractivity contribution < 1.29 is 5.11 Å². The summed E-state index contributed by atoms with van der Waals surface area (Å²) in [7, 11) is 0. The van der Waals surface area contributed by atoms with Crippen molar-refractivity contribution in [2.75, 3.05) is 31.1 Å². The third-order valence-corrected chi connectivity index (χ3v) is 5.84. The van der Waals surface area contributed by atoms with Gasteiger partial charge in [0, 0.05) is 54.3 Å². The summed E-state index contributed by atoms with van der Waals surface area (Å²) >= 11 is 5.21. The minimum absolute atomic E-state index is 0.382. The van der Waals surface area contributed by atoms with E-state index in [1.54, 1.807) is 17.4 Å². The lowest BCUT2D eigenvalue weighted by molar-refractivity contribution is 0.247. The Kier molecular flexibility index (Phi) is 4.43. The normalized spacial score (nSPS) is 16.0. The van der Waals surface area contributed by atoms with Gasteiger partial charge in [-0.15, -0.1) is 11.3 Å². The van der Waals surface area contributed by atoms with Gasteiger partial charge in [0.1, 0.15) is 5.75 Å². The van der Waals surface area contributed by atoms with Crippen LogP contribution in [0.3, 0.4) is 0 Å². The number of phenols is 1. The van der Waals surface area contributed by atoms with Crippen LogP contribution in [0.2, 0.25) is 0 Å². The minimum atomic E-state index is 0.382. The van der Waals surface area contributed by atoms with Gasteiger partial charge < -0.3 is 10.0 Å². The minimum Gasteiger partial charge on any atom is -0.508 e. The summed E-state index contributed by atoms with van der Waals surface area (Å²) in [4.78, 5) is 9.13. The van der Waals surface area contributed by atoms with Crippen molar-refractivity contribution >= 4 is 43.2 Å². The summed E-state index contributed by atoms with van der Waals surface area (Å²) < 4.78 is 1.06. The number of fused-ring (bicyclic) bond motifs is 1. The number of aromatic hydroxyl groups is 1. The maximum atomic E-state index is 10.4. The number of aromatic nitrogens is 1. The first-order valence-corrected chi connectivity index (χ1v) is 9.65. The highest BCUT2D eigenvalue weighted by atomic mass is 79.9. The third-order valence-electron chi connectivity index (χ3n) is 4.51. The summed E-state index contributed by atoms with van der Waals surface area (Å²) in [5, 5.41) is 15.8. The number of nitrogens with zero attached hydrogens (tertiary/aromatic N) is 3. The number of phenolic OH excluding ortho intramolecular Hbond substituents is 1. The van der Waals surface area contributed by atoms with Gasteiger partial charge in [-0.05, 0) is 29.0 Å². The maximum Gasteiger partial charge on any atom is 0.185 e. The molecule has 1 aliphatic heterocycles. The predicted octanol–water partition coefficient (Wildman–Crippen LogP) is 4.09. The predicted molar refractivity (Wildman–Crippen MR) is 103 cm³/mol. The molecule has 0 radical (unpaired) electrons. The molecule has 2 aromatic carbocycles. The van der Waals surface area contributed by atoms with Crippen LogP contribution in [-0.4, -0.2) is 41.2 Å². The van der Waals surface area contributed by atoms with Gasteiger partial charge >= 0.3 is 0 Å². The van der Waals surface area contributed by atoms with Crippen LogP contribution in [0.25, 0.3) is 10.8 Å². The highest BCUT2D eigenvalue weighted by Gasteiger charge is 2.20. The van der Waals surface area contributed by atoms with Crippen molar-refractivity contribution in [1.82, 2.24) is 9.88 Å². The molecule has 0 bridgehead atoms. The Hall–Kier alpha value is -1.63. The molecule has 0 aliphatic carbocycles. The van der Waals surface area contributed by atoms with Crippen LogP contribution >= 0.6 is 27.3 Å². The molecule has 124 valence electrons. The van der Waals surface area contributed by atoms with E-state index < -0.39 is 0 Å².